The molecule has 2 rings (SSSR count). The van der Waals surface area contributed by atoms with E-state index in [0.29, 0.717) is 0 Å². The SMILES string of the molecule is COc1cc(OC)nc(-c2cc(OC)nc(S(=O)(=O)NC(N)=O)c2C(=O)O)n1. The molecule has 0 radical (unpaired) electrons. The molecule has 0 saturated heterocycles. The number of sulfonamides is 1. The third-order valence-electron chi connectivity index (χ3n) is 3.21. The number of nitrogens with one attached hydrogen (secondary N) is 1. The van der Waals surface area contributed by atoms with Crippen molar-refractivity contribution in [2.75, 3.05) is 21.3 Å². The number of nitrogens with two attached hydrogens (primary N) is 1. The summed E-state index contributed by atoms with van der Waals surface area (Å²) < 4.78 is 41.2. The number of nitrogens with zero attached hydrogens (tertiary/aromatic N) is 3. The second-order valence-corrected chi connectivity index (χ2v) is 6.54. The number of aromatic nitrogens is 3. The van der Waals surface area contributed by atoms with Gasteiger partial charge in [0.05, 0.1) is 27.4 Å². The van der Waals surface area contributed by atoms with Crippen molar-refractivity contribution in [3.05, 3.63) is 17.7 Å². The first kappa shape index (κ1) is 20.6. The van der Waals surface area contributed by atoms with Crippen LogP contribution >= 0.6 is 0 Å². The van der Waals surface area contributed by atoms with Crippen LogP contribution in [0.1, 0.15) is 10.4 Å². The standard InChI is InChI=1S/C14H15N5O8S/c1-25-7-4-6(11-16-8(26-2)5-9(17-11)27-3)10(13(20)21)12(18-7)28(23,24)19-14(15)22/h4-5H,1-3H3,(H,20,21)(H3,15,19,22). The molecule has 0 bridgehead atoms. The molecule has 150 valence electrons. The molecule has 2 heterocycles. The van der Waals surface area contributed by atoms with Crippen LogP contribution in [0.2, 0.25) is 0 Å². The van der Waals surface area contributed by atoms with Gasteiger partial charge in [0.25, 0.3) is 10.0 Å². The van der Waals surface area contributed by atoms with Crippen molar-refractivity contribution in [3.63, 3.8) is 0 Å². The average Bonchev–Trinajstić information content (AvgIpc) is 2.65. The fourth-order valence-corrected chi connectivity index (χ4v) is 3.13. The van der Waals surface area contributed by atoms with Crippen molar-refractivity contribution in [1.82, 2.24) is 19.7 Å². The van der Waals surface area contributed by atoms with E-state index in [9.17, 15) is 23.1 Å². The van der Waals surface area contributed by atoms with Crippen LogP contribution in [-0.4, -0.2) is 61.8 Å². The largest absolute Gasteiger partial charge is 0.481 e. The van der Waals surface area contributed by atoms with Gasteiger partial charge in [-0.15, -0.1) is 0 Å². The number of primary amides is 1. The molecule has 0 fully saturated rings. The number of ether oxygens (including phenoxy) is 3. The lowest BCUT2D eigenvalue weighted by atomic mass is 10.1. The fourth-order valence-electron chi connectivity index (χ4n) is 2.10. The zero-order valence-electron chi connectivity index (χ0n) is 14.8. The summed E-state index contributed by atoms with van der Waals surface area (Å²) in [5.41, 5.74) is 3.75. The number of carbonyl (C=O) groups excluding carboxylic acids is 1. The van der Waals surface area contributed by atoms with Gasteiger partial charge < -0.3 is 25.1 Å². The van der Waals surface area contributed by atoms with Crippen LogP contribution in [0, 0.1) is 0 Å². The van der Waals surface area contributed by atoms with Gasteiger partial charge in [0.15, 0.2) is 10.9 Å². The van der Waals surface area contributed by atoms with Crippen LogP contribution < -0.4 is 24.7 Å². The van der Waals surface area contributed by atoms with E-state index >= 15 is 0 Å². The molecule has 13 nitrogen and oxygen atoms in total. The molecule has 0 saturated carbocycles. The second kappa shape index (κ2) is 7.91. The molecule has 2 aromatic rings. The van der Waals surface area contributed by atoms with Crippen molar-refractivity contribution >= 4 is 22.0 Å². The van der Waals surface area contributed by atoms with Gasteiger partial charge in [-0.1, -0.05) is 0 Å². The Morgan fingerprint density at radius 3 is 1.93 bits per heavy atom. The number of carboxylic acid groups (broad SMARTS) is 1. The maximum absolute atomic E-state index is 12.4. The third kappa shape index (κ3) is 4.17. The Labute approximate surface area is 158 Å². The molecule has 0 unspecified atom stereocenters. The van der Waals surface area contributed by atoms with E-state index in [1.807, 2.05) is 0 Å². The van der Waals surface area contributed by atoms with Crippen molar-refractivity contribution in [2.45, 2.75) is 5.03 Å². The van der Waals surface area contributed by atoms with Crippen molar-refractivity contribution in [1.29, 1.82) is 0 Å². The Morgan fingerprint density at radius 2 is 1.50 bits per heavy atom. The van der Waals surface area contributed by atoms with E-state index in [0.717, 1.165) is 6.07 Å². The number of methoxy groups -OCH3 is 3. The molecule has 0 aliphatic rings. The van der Waals surface area contributed by atoms with Gasteiger partial charge in [-0.2, -0.15) is 23.4 Å². The third-order valence-corrected chi connectivity index (χ3v) is 4.49. The number of hydrogen-bond acceptors (Lipinski definition) is 10. The van der Waals surface area contributed by atoms with E-state index < -0.39 is 32.6 Å². The Balaban J connectivity index is 2.90. The number of amides is 2. The highest BCUT2D eigenvalue weighted by molar-refractivity contribution is 7.90. The van der Waals surface area contributed by atoms with Crippen molar-refractivity contribution < 1.29 is 37.3 Å². The maximum Gasteiger partial charge on any atom is 0.339 e. The minimum absolute atomic E-state index is 0.0219. The highest BCUT2D eigenvalue weighted by atomic mass is 32.2. The lowest BCUT2D eigenvalue weighted by Crippen LogP contribution is -2.36. The lowest BCUT2D eigenvalue weighted by Gasteiger charge is -2.13. The van der Waals surface area contributed by atoms with Gasteiger partial charge in [-0.3, -0.25) is 0 Å². The van der Waals surface area contributed by atoms with E-state index in [4.69, 9.17) is 19.9 Å². The van der Waals surface area contributed by atoms with Crippen LogP contribution in [-0.2, 0) is 10.0 Å². The fraction of sp³-hybridized carbons (Fsp3) is 0.214. The second-order valence-electron chi connectivity index (χ2n) is 4.94. The molecular formula is C14H15N5O8S. The molecule has 0 aliphatic heterocycles. The van der Waals surface area contributed by atoms with E-state index in [1.165, 1.54) is 32.1 Å². The highest BCUT2D eigenvalue weighted by Crippen LogP contribution is 2.31. The Bertz CT molecular complexity index is 1020. The van der Waals surface area contributed by atoms with Crippen molar-refractivity contribution in [3.8, 4) is 29.0 Å². The van der Waals surface area contributed by atoms with E-state index in [2.05, 4.69) is 15.0 Å². The Kier molecular flexibility index (Phi) is 5.83. The molecule has 0 aromatic carbocycles. The first-order valence-electron chi connectivity index (χ1n) is 7.25. The molecule has 0 spiro atoms. The van der Waals surface area contributed by atoms with Crippen LogP contribution in [0.4, 0.5) is 4.79 Å². The minimum Gasteiger partial charge on any atom is -0.481 e. The van der Waals surface area contributed by atoms with Crippen LogP contribution in [0.25, 0.3) is 11.4 Å². The van der Waals surface area contributed by atoms with Gasteiger partial charge in [0.1, 0.15) is 5.56 Å². The summed E-state index contributed by atoms with van der Waals surface area (Å²) in [5, 5.41) is 8.60. The number of rotatable bonds is 7. The zero-order chi connectivity index (χ0) is 21.1. The molecule has 2 aromatic heterocycles. The topological polar surface area (TPSA) is 193 Å². The maximum atomic E-state index is 12.4. The van der Waals surface area contributed by atoms with Gasteiger partial charge in [0, 0.05) is 11.6 Å². The van der Waals surface area contributed by atoms with Crippen LogP contribution in [0.5, 0.6) is 17.6 Å². The summed E-state index contributed by atoms with van der Waals surface area (Å²) >= 11 is 0. The summed E-state index contributed by atoms with van der Waals surface area (Å²) in [6.07, 6.45) is 0. The van der Waals surface area contributed by atoms with Crippen LogP contribution in [0.3, 0.4) is 0 Å². The summed E-state index contributed by atoms with van der Waals surface area (Å²) in [7, 11) is -0.948. The minimum atomic E-state index is -4.74. The smallest absolute Gasteiger partial charge is 0.339 e. The number of pyridine rings is 1. The summed E-state index contributed by atoms with van der Waals surface area (Å²) in [5.74, 6) is -2.16. The predicted molar refractivity (Wildman–Crippen MR) is 91.8 cm³/mol. The van der Waals surface area contributed by atoms with Crippen molar-refractivity contribution in [2.24, 2.45) is 5.73 Å². The Hall–Kier alpha value is -3.68. The lowest BCUT2D eigenvalue weighted by molar-refractivity contribution is 0.0692. The quantitative estimate of drug-likeness (QED) is 0.535. The molecule has 0 aliphatic carbocycles. The average molecular weight is 413 g/mol. The normalized spacial score (nSPS) is 10.8. The van der Waals surface area contributed by atoms with Gasteiger partial charge in [0.2, 0.25) is 17.6 Å². The monoisotopic (exact) mass is 413 g/mol. The molecular weight excluding hydrogens is 398 g/mol. The molecule has 4 N–H and O–H groups in total. The van der Waals surface area contributed by atoms with E-state index in [1.54, 1.807) is 0 Å². The molecule has 0 atom stereocenters. The van der Waals surface area contributed by atoms with Gasteiger partial charge in [-0.25, -0.2) is 14.3 Å². The number of carboxylic acids is 1. The van der Waals surface area contributed by atoms with Gasteiger partial charge >= 0.3 is 12.0 Å². The first-order valence-corrected chi connectivity index (χ1v) is 8.73. The summed E-state index contributed by atoms with van der Waals surface area (Å²) in [6, 6.07) is 1.01. The van der Waals surface area contributed by atoms with Crippen LogP contribution in [0.15, 0.2) is 17.2 Å². The predicted octanol–water partition coefficient (Wildman–Crippen LogP) is -0.380. The number of aromatic carboxylic acids is 1. The van der Waals surface area contributed by atoms with Gasteiger partial charge in [-0.05, 0) is 0 Å². The number of carbonyl (C=O) groups is 2. The molecule has 14 heteroatoms. The summed E-state index contributed by atoms with van der Waals surface area (Å²) in [4.78, 5) is 34.5. The molecule has 28 heavy (non-hydrogen) atoms. The number of hydrogen-bond donors (Lipinski definition) is 3. The van der Waals surface area contributed by atoms with E-state index in [-0.39, 0.29) is 29.0 Å². The highest BCUT2D eigenvalue weighted by Gasteiger charge is 2.31. The first-order chi connectivity index (χ1) is 13.1. The zero-order valence-corrected chi connectivity index (χ0v) is 15.6. The number of urea groups is 1. The Morgan fingerprint density at radius 1 is 1.00 bits per heavy atom. The molecule has 2 amide bonds. The summed E-state index contributed by atoms with van der Waals surface area (Å²) in [6.45, 7) is 0.